The maximum Gasteiger partial charge on any atom is 0.123 e. The van der Waals surface area contributed by atoms with Crippen molar-refractivity contribution in [2.75, 3.05) is 0 Å². The topological polar surface area (TPSA) is 25.2 Å². The number of hydrogen-bond acceptors (Lipinski definition) is 1. The molecule has 1 aliphatic rings. The molecule has 100 valence electrons. The summed E-state index contributed by atoms with van der Waals surface area (Å²) < 4.78 is 15.2. The summed E-state index contributed by atoms with van der Waals surface area (Å²) >= 11 is 0. The second kappa shape index (κ2) is 4.82. The lowest BCUT2D eigenvalue weighted by molar-refractivity contribution is 0.156. The van der Waals surface area contributed by atoms with Crippen molar-refractivity contribution < 1.29 is 9.50 Å². The van der Waals surface area contributed by atoms with Crippen molar-refractivity contribution in [3.8, 4) is 0 Å². The third kappa shape index (κ3) is 2.30. The van der Waals surface area contributed by atoms with Crippen LogP contribution >= 0.6 is 0 Å². The van der Waals surface area contributed by atoms with E-state index in [0.29, 0.717) is 0 Å². The van der Waals surface area contributed by atoms with Crippen molar-refractivity contribution in [3.63, 3.8) is 0 Å². The van der Waals surface area contributed by atoms with Gasteiger partial charge in [-0.15, -0.1) is 0 Å². The van der Waals surface area contributed by atoms with Gasteiger partial charge in [-0.2, -0.15) is 0 Å². The van der Waals surface area contributed by atoms with Gasteiger partial charge in [0.1, 0.15) is 5.82 Å². The smallest absolute Gasteiger partial charge is 0.123 e. The molecule has 0 spiro atoms. The average molecular weight is 259 g/mol. The van der Waals surface area contributed by atoms with Crippen molar-refractivity contribution in [1.29, 1.82) is 0 Å². The van der Waals surface area contributed by atoms with Gasteiger partial charge in [0.05, 0.1) is 6.10 Å². The number of halogens is 1. The number of aliphatic hydroxyl groups is 1. The lowest BCUT2D eigenvalue weighted by Crippen LogP contribution is -2.13. The Bertz CT molecular complexity index is 586. The Balaban J connectivity index is 1.95. The molecule has 1 N–H and O–H groups in total. The number of aromatic nitrogens is 1. The van der Waals surface area contributed by atoms with Gasteiger partial charge in [0.25, 0.3) is 0 Å². The number of aryl methyl sites for hydroxylation is 1. The first-order valence-electron chi connectivity index (χ1n) is 6.76. The Morgan fingerprint density at radius 3 is 2.79 bits per heavy atom. The first kappa shape index (κ1) is 12.4. The minimum atomic E-state index is -0.322. The Morgan fingerprint density at radius 1 is 1.32 bits per heavy atom. The quantitative estimate of drug-likeness (QED) is 0.879. The number of rotatable bonds is 2. The van der Waals surface area contributed by atoms with Crippen LogP contribution in [0.4, 0.5) is 4.39 Å². The van der Waals surface area contributed by atoms with Crippen LogP contribution in [0.5, 0.6) is 0 Å². The normalized spacial score (nSPS) is 18.4. The van der Waals surface area contributed by atoms with Crippen molar-refractivity contribution in [1.82, 2.24) is 4.57 Å². The highest BCUT2D eigenvalue weighted by atomic mass is 19.1. The molecule has 0 bridgehead atoms. The lowest BCUT2D eigenvalue weighted by atomic mass is 9.95. The Labute approximate surface area is 112 Å². The van der Waals surface area contributed by atoms with Crippen LogP contribution < -0.4 is 0 Å². The zero-order chi connectivity index (χ0) is 13.4. The number of hydrogen-bond donors (Lipinski definition) is 1. The Hall–Kier alpha value is -1.61. The Kier molecular flexibility index (Phi) is 3.15. The molecule has 1 atom stereocenters. The summed E-state index contributed by atoms with van der Waals surface area (Å²) in [6, 6.07) is 8.72. The molecular weight excluding hydrogens is 241 g/mol. The van der Waals surface area contributed by atoms with Gasteiger partial charge in [-0.25, -0.2) is 4.39 Å². The third-order valence-corrected chi connectivity index (χ3v) is 3.95. The molecule has 0 amide bonds. The minimum absolute atomic E-state index is 0.203. The maximum absolute atomic E-state index is 12.9. The van der Waals surface area contributed by atoms with Gasteiger partial charge in [-0.05, 0) is 49.9 Å². The van der Waals surface area contributed by atoms with E-state index in [1.54, 1.807) is 0 Å². The van der Waals surface area contributed by atoms with Crippen LogP contribution in [0.25, 0.3) is 0 Å². The van der Waals surface area contributed by atoms with Gasteiger partial charge < -0.3 is 9.67 Å². The molecule has 1 aliphatic carbocycles. The van der Waals surface area contributed by atoms with Crippen molar-refractivity contribution in [2.45, 2.75) is 38.8 Å². The van der Waals surface area contributed by atoms with Crippen LogP contribution in [0.15, 0.2) is 30.3 Å². The molecule has 0 saturated carbocycles. The molecule has 0 aliphatic heterocycles. The van der Waals surface area contributed by atoms with E-state index in [4.69, 9.17) is 0 Å². The zero-order valence-electron chi connectivity index (χ0n) is 11.1. The molecule has 2 aromatic rings. The van der Waals surface area contributed by atoms with Gasteiger partial charge in [-0.3, -0.25) is 0 Å². The van der Waals surface area contributed by atoms with Crippen molar-refractivity contribution in [2.24, 2.45) is 0 Å². The highest BCUT2D eigenvalue weighted by Crippen LogP contribution is 2.32. The number of fused-ring (bicyclic) bond motifs is 1. The van der Waals surface area contributed by atoms with Gasteiger partial charge in [0.15, 0.2) is 0 Å². The van der Waals surface area contributed by atoms with Crippen LogP contribution in [0, 0.1) is 12.7 Å². The van der Waals surface area contributed by atoms with Crippen LogP contribution in [-0.2, 0) is 13.0 Å². The highest BCUT2D eigenvalue weighted by Gasteiger charge is 2.22. The predicted molar refractivity (Wildman–Crippen MR) is 72.6 cm³/mol. The van der Waals surface area contributed by atoms with E-state index in [-0.39, 0.29) is 11.9 Å². The average Bonchev–Trinajstić information content (AvgIpc) is 2.71. The van der Waals surface area contributed by atoms with Crippen LogP contribution in [0.2, 0.25) is 0 Å². The number of nitrogens with zero attached hydrogens (tertiary/aromatic N) is 1. The van der Waals surface area contributed by atoms with Gasteiger partial charge in [0.2, 0.25) is 0 Å². The molecule has 0 radical (unpaired) electrons. The summed E-state index contributed by atoms with van der Waals surface area (Å²) in [6.07, 6.45) is 2.58. The fourth-order valence-electron chi connectivity index (χ4n) is 2.93. The summed E-state index contributed by atoms with van der Waals surface area (Å²) in [5.74, 6) is -0.203. The van der Waals surface area contributed by atoms with Gasteiger partial charge >= 0.3 is 0 Å². The molecule has 3 rings (SSSR count). The van der Waals surface area contributed by atoms with Crippen molar-refractivity contribution >= 4 is 0 Å². The monoisotopic (exact) mass is 259 g/mol. The lowest BCUT2D eigenvalue weighted by Gasteiger charge is -2.20. The largest absolute Gasteiger partial charge is 0.388 e. The molecule has 1 aromatic heterocycles. The summed E-state index contributed by atoms with van der Waals surface area (Å²) in [5, 5.41) is 10.0. The van der Waals surface area contributed by atoms with E-state index in [0.717, 1.165) is 42.6 Å². The molecule has 19 heavy (non-hydrogen) atoms. The fraction of sp³-hybridized carbons (Fsp3) is 0.375. The highest BCUT2D eigenvalue weighted by molar-refractivity contribution is 5.33. The summed E-state index contributed by atoms with van der Waals surface area (Å²) in [7, 11) is 0. The second-order valence-corrected chi connectivity index (χ2v) is 5.31. The standard InChI is InChI=1S/C16H18FNO/c1-11-9-14-15(3-2-4-16(14)19)18(11)10-12-5-7-13(17)8-6-12/h5-9,16,19H,2-4,10H2,1H3. The molecule has 2 nitrogen and oxygen atoms in total. The summed E-state index contributed by atoms with van der Waals surface area (Å²) in [5.41, 5.74) is 4.56. The summed E-state index contributed by atoms with van der Waals surface area (Å²) in [4.78, 5) is 0. The van der Waals surface area contributed by atoms with Crippen LogP contribution in [0.1, 0.15) is 41.5 Å². The molecule has 1 unspecified atom stereocenters. The van der Waals surface area contributed by atoms with E-state index in [1.807, 2.05) is 12.1 Å². The van der Waals surface area contributed by atoms with Gasteiger partial charge in [0, 0.05) is 23.5 Å². The molecule has 0 fully saturated rings. The molecule has 3 heteroatoms. The van der Waals surface area contributed by atoms with Gasteiger partial charge in [-0.1, -0.05) is 12.1 Å². The fourth-order valence-corrected chi connectivity index (χ4v) is 2.93. The van der Waals surface area contributed by atoms with Crippen LogP contribution in [0.3, 0.4) is 0 Å². The minimum Gasteiger partial charge on any atom is -0.388 e. The molecule has 1 aromatic carbocycles. The van der Waals surface area contributed by atoms with E-state index >= 15 is 0 Å². The van der Waals surface area contributed by atoms with Crippen molar-refractivity contribution in [3.05, 3.63) is 58.7 Å². The maximum atomic E-state index is 12.9. The Morgan fingerprint density at radius 2 is 2.05 bits per heavy atom. The van der Waals surface area contributed by atoms with Crippen LogP contribution in [-0.4, -0.2) is 9.67 Å². The molecule has 1 heterocycles. The van der Waals surface area contributed by atoms with E-state index in [2.05, 4.69) is 17.6 Å². The van der Waals surface area contributed by atoms with E-state index in [9.17, 15) is 9.50 Å². The molecule has 0 saturated heterocycles. The number of benzene rings is 1. The number of aliphatic hydroxyl groups excluding tert-OH is 1. The van der Waals surface area contributed by atoms with E-state index in [1.165, 1.54) is 17.8 Å². The predicted octanol–water partition coefficient (Wildman–Crippen LogP) is 3.35. The van der Waals surface area contributed by atoms with E-state index < -0.39 is 0 Å². The first-order valence-corrected chi connectivity index (χ1v) is 6.76. The second-order valence-electron chi connectivity index (χ2n) is 5.31. The third-order valence-electron chi connectivity index (χ3n) is 3.95. The SMILES string of the molecule is Cc1cc2c(n1Cc1ccc(F)cc1)CCCC2O. The summed E-state index contributed by atoms with van der Waals surface area (Å²) in [6.45, 7) is 2.81. The zero-order valence-corrected chi connectivity index (χ0v) is 11.1. The first-order chi connectivity index (χ1) is 9.15. The molecular formula is C16H18FNO.